The van der Waals surface area contributed by atoms with Gasteiger partial charge in [-0.1, -0.05) is 39.5 Å². The van der Waals surface area contributed by atoms with Gasteiger partial charge in [-0.25, -0.2) is 0 Å². The van der Waals surface area contributed by atoms with Gasteiger partial charge in [-0.2, -0.15) is 0 Å². The van der Waals surface area contributed by atoms with E-state index in [1.165, 1.54) is 25.7 Å². The Bertz CT molecular complexity index is 368. The normalized spacial score (nSPS) is 11.5. The second-order valence-corrected chi connectivity index (χ2v) is 8.54. The molecule has 0 aromatic heterocycles. The SMILES string of the molecule is CCCCCOCCOCCOCCOCCOCCOCCOCCOCCOCCOCCCCC. The van der Waals surface area contributed by atoms with E-state index in [1.807, 2.05) is 0 Å². The molecule has 230 valence electrons. The molecule has 0 N–H and O–H groups in total. The summed E-state index contributed by atoms with van der Waals surface area (Å²) in [4.78, 5) is 0. The first-order valence-electron chi connectivity index (χ1n) is 14.7. The monoisotopic (exact) mass is 554 g/mol. The average molecular weight is 555 g/mol. The van der Waals surface area contributed by atoms with Crippen LogP contribution in [0.1, 0.15) is 52.4 Å². The van der Waals surface area contributed by atoms with Gasteiger partial charge in [0.25, 0.3) is 0 Å². The number of hydrogen-bond donors (Lipinski definition) is 0. The lowest BCUT2D eigenvalue weighted by Gasteiger charge is -2.09. The Balaban J connectivity index is 3.01. The van der Waals surface area contributed by atoms with E-state index in [1.54, 1.807) is 0 Å². The molecule has 0 spiro atoms. The van der Waals surface area contributed by atoms with Crippen molar-refractivity contribution in [2.75, 3.05) is 132 Å². The minimum atomic E-state index is 0.534. The molecule has 0 radical (unpaired) electrons. The van der Waals surface area contributed by atoms with Gasteiger partial charge in [-0.15, -0.1) is 0 Å². The molecular formula is C28H58O10. The lowest BCUT2D eigenvalue weighted by molar-refractivity contribution is -0.0264. The van der Waals surface area contributed by atoms with Crippen molar-refractivity contribution in [3.63, 3.8) is 0 Å². The van der Waals surface area contributed by atoms with Gasteiger partial charge in [-0.3, -0.25) is 0 Å². The first kappa shape index (κ1) is 37.6. The molecule has 0 saturated carbocycles. The van der Waals surface area contributed by atoms with Gasteiger partial charge in [-0.05, 0) is 12.8 Å². The Kier molecular flexibility index (Phi) is 36.2. The first-order valence-corrected chi connectivity index (χ1v) is 14.7. The van der Waals surface area contributed by atoms with E-state index in [2.05, 4.69) is 13.8 Å². The fraction of sp³-hybridized carbons (Fsp3) is 1.00. The second-order valence-electron chi connectivity index (χ2n) is 8.54. The van der Waals surface area contributed by atoms with Crippen LogP contribution in [0.25, 0.3) is 0 Å². The van der Waals surface area contributed by atoms with Crippen LogP contribution in [0.5, 0.6) is 0 Å². The summed E-state index contributed by atoms with van der Waals surface area (Å²) in [6.07, 6.45) is 7.12. The molecule has 0 aliphatic carbocycles. The van der Waals surface area contributed by atoms with E-state index in [4.69, 9.17) is 47.4 Å². The van der Waals surface area contributed by atoms with Gasteiger partial charge in [0.05, 0.1) is 119 Å². The number of unbranched alkanes of at least 4 members (excludes halogenated alkanes) is 4. The first-order chi connectivity index (χ1) is 18.9. The highest BCUT2D eigenvalue weighted by Crippen LogP contribution is 1.95. The molecule has 0 bridgehead atoms. The van der Waals surface area contributed by atoms with E-state index >= 15 is 0 Å². The van der Waals surface area contributed by atoms with Crippen LogP contribution in [-0.2, 0) is 47.4 Å². The van der Waals surface area contributed by atoms with Crippen molar-refractivity contribution >= 4 is 0 Å². The predicted molar refractivity (Wildman–Crippen MR) is 147 cm³/mol. The van der Waals surface area contributed by atoms with Crippen molar-refractivity contribution in [3.05, 3.63) is 0 Å². The largest absolute Gasteiger partial charge is 0.379 e. The van der Waals surface area contributed by atoms with Crippen LogP contribution in [0.2, 0.25) is 0 Å². The van der Waals surface area contributed by atoms with Gasteiger partial charge in [0.1, 0.15) is 0 Å². The molecule has 0 saturated heterocycles. The van der Waals surface area contributed by atoms with E-state index in [0.29, 0.717) is 119 Å². The van der Waals surface area contributed by atoms with Crippen molar-refractivity contribution < 1.29 is 47.4 Å². The lowest BCUT2D eigenvalue weighted by atomic mass is 10.3. The zero-order valence-corrected chi connectivity index (χ0v) is 24.5. The maximum Gasteiger partial charge on any atom is 0.0701 e. The van der Waals surface area contributed by atoms with Gasteiger partial charge in [0, 0.05) is 13.2 Å². The summed E-state index contributed by atoms with van der Waals surface area (Å²) in [5.74, 6) is 0. The van der Waals surface area contributed by atoms with Gasteiger partial charge >= 0.3 is 0 Å². The predicted octanol–water partition coefficient (Wildman–Crippen LogP) is 3.53. The Morgan fingerprint density at radius 1 is 0.211 bits per heavy atom. The minimum Gasteiger partial charge on any atom is -0.379 e. The maximum absolute atomic E-state index is 5.48. The second kappa shape index (κ2) is 36.6. The highest BCUT2D eigenvalue weighted by Gasteiger charge is 1.96. The van der Waals surface area contributed by atoms with Crippen molar-refractivity contribution in [3.8, 4) is 0 Å². The molecule has 0 aliphatic heterocycles. The molecule has 0 fully saturated rings. The minimum absolute atomic E-state index is 0.534. The quantitative estimate of drug-likeness (QED) is 0.108. The maximum atomic E-state index is 5.48. The van der Waals surface area contributed by atoms with E-state index in [-0.39, 0.29) is 0 Å². The summed E-state index contributed by atoms with van der Waals surface area (Å²) in [5, 5.41) is 0. The zero-order chi connectivity index (χ0) is 27.5. The highest BCUT2D eigenvalue weighted by molar-refractivity contribution is 4.40. The third-order valence-corrected chi connectivity index (χ3v) is 5.13. The third-order valence-electron chi connectivity index (χ3n) is 5.13. The fourth-order valence-electron chi connectivity index (χ4n) is 2.99. The average Bonchev–Trinajstić information content (AvgIpc) is 2.93. The molecule has 0 amide bonds. The van der Waals surface area contributed by atoms with Crippen LogP contribution in [0.4, 0.5) is 0 Å². The summed E-state index contributed by atoms with van der Waals surface area (Å²) in [6, 6.07) is 0. The molecule has 10 nitrogen and oxygen atoms in total. The van der Waals surface area contributed by atoms with Gasteiger partial charge < -0.3 is 47.4 Å². The summed E-state index contributed by atoms with van der Waals surface area (Å²) in [5.41, 5.74) is 0. The van der Waals surface area contributed by atoms with E-state index in [9.17, 15) is 0 Å². The van der Waals surface area contributed by atoms with Crippen molar-refractivity contribution in [1.29, 1.82) is 0 Å². The summed E-state index contributed by atoms with van der Waals surface area (Å²) >= 11 is 0. The Morgan fingerprint density at radius 3 is 0.526 bits per heavy atom. The van der Waals surface area contributed by atoms with Crippen LogP contribution < -0.4 is 0 Å². The van der Waals surface area contributed by atoms with Crippen molar-refractivity contribution in [1.82, 2.24) is 0 Å². The third kappa shape index (κ3) is 35.6. The molecule has 38 heavy (non-hydrogen) atoms. The standard InChI is InChI=1S/C28H58O10/c1-3-5-7-9-29-11-13-31-15-17-33-19-21-35-23-25-37-27-28-38-26-24-36-22-20-34-18-16-32-14-12-30-10-8-6-4-2/h3-28H2,1-2H3. The summed E-state index contributed by atoms with van der Waals surface area (Å²) in [6.45, 7) is 16.2. The molecule has 0 rings (SSSR count). The molecule has 0 atom stereocenters. The molecule has 0 unspecified atom stereocenters. The Hall–Kier alpha value is -0.400. The zero-order valence-electron chi connectivity index (χ0n) is 24.5. The molecule has 0 aromatic carbocycles. The number of hydrogen-bond acceptors (Lipinski definition) is 10. The highest BCUT2D eigenvalue weighted by atomic mass is 16.6. The molecule has 0 heterocycles. The number of rotatable bonds is 35. The Labute approximate surface area is 232 Å². The van der Waals surface area contributed by atoms with Crippen LogP contribution in [0, 0.1) is 0 Å². The fourth-order valence-corrected chi connectivity index (χ4v) is 2.99. The summed E-state index contributed by atoms with van der Waals surface area (Å²) < 4.78 is 54.7. The van der Waals surface area contributed by atoms with Crippen LogP contribution in [0.3, 0.4) is 0 Å². The van der Waals surface area contributed by atoms with Crippen LogP contribution in [0.15, 0.2) is 0 Å². The molecule has 10 heteroatoms. The van der Waals surface area contributed by atoms with E-state index in [0.717, 1.165) is 26.1 Å². The van der Waals surface area contributed by atoms with Gasteiger partial charge in [0.15, 0.2) is 0 Å². The summed E-state index contributed by atoms with van der Waals surface area (Å²) in [7, 11) is 0. The lowest BCUT2D eigenvalue weighted by Crippen LogP contribution is -2.15. The van der Waals surface area contributed by atoms with Crippen LogP contribution >= 0.6 is 0 Å². The smallest absolute Gasteiger partial charge is 0.0701 e. The Morgan fingerprint density at radius 2 is 0.368 bits per heavy atom. The molecule has 0 aromatic rings. The van der Waals surface area contributed by atoms with E-state index < -0.39 is 0 Å². The van der Waals surface area contributed by atoms with Gasteiger partial charge in [0.2, 0.25) is 0 Å². The molecule has 0 aliphatic rings. The number of ether oxygens (including phenoxy) is 10. The molecular weight excluding hydrogens is 496 g/mol. The van der Waals surface area contributed by atoms with Crippen molar-refractivity contribution in [2.45, 2.75) is 52.4 Å². The topological polar surface area (TPSA) is 92.3 Å². The van der Waals surface area contributed by atoms with Crippen LogP contribution in [-0.4, -0.2) is 132 Å². The van der Waals surface area contributed by atoms with Crippen molar-refractivity contribution in [2.24, 2.45) is 0 Å².